The Balaban J connectivity index is 1.81. The molecule has 0 spiro atoms. The third-order valence-electron chi connectivity index (χ3n) is 3.67. The van der Waals surface area contributed by atoms with Gasteiger partial charge in [0.1, 0.15) is 0 Å². The predicted molar refractivity (Wildman–Crippen MR) is 86.8 cm³/mol. The van der Waals surface area contributed by atoms with E-state index in [1.54, 1.807) is 12.1 Å². The van der Waals surface area contributed by atoms with E-state index in [9.17, 15) is 22.8 Å². The highest BCUT2D eigenvalue weighted by atomic mass is 35.5. The van der Waals surface area contributed by atoms with Crippen LogP contribution in [0.2, 0.25) is 10.0 Å². The van der Waals surface area contributed by atoms with E-state index < -0.39 is 18.9 Å². The Hall–Kier alpha value is -1.67. The number of alkyl halides is 3. The van der Waals surface area contributed by atoms with Crippen LogP contribution in [0, 0.1) is 5.92 Å². The third kappa shape index (κ3) is 5.97. The van der Waals surface area contributed by atoms with Gasteiger partial charge in [0.2, 0.25) is 5.91 Å². The van der Waals surface area contributed by atoms with Crippen LogP contribution in [-0.4, -0.2) is 42.8 Å². The minimum atomic E-state index is -4.56. The van der Waals surface area contributed by atoms with Gasteiger partial charge in [-0.3, -0.25) is 4.79 Å². The maximum absolute atomic E-state index is 12.2. The standard InChI is InChI=1S/C15H15Cl2F3N2O3/c16-11-2-1-10(7-12(11)17)21-13(23)9-3-5-22(6-4-9)14(24)25-8-15(18,19)20/h1-2,7,9H,3-6,8H2,(H,21,23). The molecule has 0 atom stereocenters. The molecule has 138 valence electrons. The molecule has 0 saturated carbocycles. The molecule has 2 rings (SSSR count). The van der Waals surface area contributed by atoms with E-state index in [1.807, 2.05) is 0 Å². The average molecular weight is 399 g/mol. The molecule has 5 nitrogen and oxygen atoms in total. The molecule has 0 unspecified atom stereocenters. The normalized spacial score (nSPS) is 15.8. The minimum Gasteiger partial charge on any atom is -0.440 e. The molecule has 1 fully saturated rings. The van der Waals surface area contributed by atoms with Gasteiger partial charge in [0, 0.05) is 24.7 Å². The van der Waals surface area contributed by atoms with E-state index in [2.05, 4.69) is 10.1 Å². The van der Waals surface area contributed by atoms with Crippen LogP contribution >= 0.6 is 23.2 Å². The largest absolute Gasteiger partial charge is 0.440 e. The first-order valence-electron chi connectivity index (χ1n) is 7.40. The highest BCUT2D eigenvalue weighted by molar-refractivity contribution is 6.42. The second-order valence-corrected chi connectivity index (χ2v) is 6.36. The van der Waals surface area contributed by atoms with Gasteiger partial charge in [0.15, 0.2) is 6.61 Å². The molecule has 1 aromatic rings. The molecule has 0 bridgehead atoms. The van der Waals surface area contributed by atoms with Gasteiger partial charge in [-0.05, 0) is 31.0 Å². The first kappa shape index (κ1) is 19.7. The molecule has 25 heavy (non-hydrogen) atoms. The van der Waals surface area contributed by atoms with Crippen molar-refractivity contribution in [2.45, 2.75) is 19.0 Å². The predicted octanol–water partition coefficient (Wildman–Crippen LogP) is 4.34. The van der Waals surface area contributed by atoms with Gasteiger partial charge in [-0.15, -0.1) is 0 Å². The highest BCUT2D eigenvalue weighted by Gasteiger charge is 2.32. The van der Waals surface area contributed by atoms with Gasteiger partial charge in [0.25, 0.3) is 0 Å². The fourth-order valence-corrected chi connectivity index (χ4v) is 2.68. The highest BCUT2D eigenvalue weighted by Crippen LogP contribution is 2.26. The third-order valence-corrected chi connectivity index (χ3v) is 4.41. The lowest BCUT2D eigenvalue weighted by molar-refractivity contribution is -0.162. The molecule has 1 aliphatic heterocycles. The Morgan fingerprint density at radius 2 is 1.84 bits per heavy atom. The van der Waals surface area contributed by atoms with Crippen molar-refractivity contribution in [1.29, 1.82) is 0 Å². The Bertz CT molecular complexity index is 647. The van der Waals surface area contributed by atoms with Crippen LogP contribution < -0.4 is 5.32 Å². The lowest BCUT2D eigenvalue weighted by Crippen LogP contribution is -2.42. The molecule has 1 N–H and O–H groups in total. The van der Waals surface area contributed by atoms with Gasteiger partial charge in [0.05, 0.1) is 10.0 Å². The minimum absolute atomic E-state index is 0.149. The van der Waals surface area contributed by atoms with Crippen LogP contribution in [0.15, 0.2) is 18.2 Å². The number of hydrogen-bond donors (Lipinski definition) is 1. The number of piperidine rings is 1. The number of amides is 2. The van der Waals surface area contributed by atoms with Crippen LogP contribution in [-0.2, 0) is 9.53 Å². The van der Waals surface area contributed by atoms with E-state index in [0.29, 0.717) is 28.6 Å². The van der Waals surface area contributed by atoms with E-state index >= 15 is 0 Å². The molecule has 0 aromatic heterocycles. The molecule has 1 saturated heterocycles. The van der Waals surface area contributed by atoms with Gasteiger partial charge in [-0.25, -0.2) is 4.79 Å². The number of hydrogen-bond acceptors (Lipinski definition) is 3. The Labute approximate surface area is 152 Å². The lowest BCUT2D eigenvalue weighted by Gasteiger charge is -2.30. The Kier molecular flexibility index (Phi) is 6.40. The van der Waals surface area contributed by atoms with Crippen molar-refractivity contribution in [3.8, 4) is 0 Å². The summed E-state index contributed by atoms with van der Waals surface area (Å²) in [4.78, 5) is 24.9. The number of carbonyl (C=O) groups excluding carboxylic acids is 2. The summed E-state index contributed by atoms with van der Waals surface area (Å²) in [6.07, 6.45) is -4.93. The van der Waals surface area contributed by atoms with Crippen molar-refractivity contribution in [2.75, 3.05) is 25.0 Å². The molecular weight excluding hydrogens is 384 g/mol. The van der Waals surface area contributed by atoms with E-state index in [-0.39, 0.29) is 24.9 Å². The molecule has 1 aliphatic rings. The van der Waals surface area contributed by atoms with Crippen LogP contribution in [0.3, 0.4) is 0 Å². The Morgan fingerprint density at radius 1 is 1.20 bits per heavy atom. The number of nitrogens with one attached hydrogen (secondary N) is 1. The summed E-state index contributed by atoms with van der Waals surface area (Å²) < 4.78 is 40.3. The van der Waals surface area contributed by atoms with Crippen molar-refractivity contribution in [2.24, 2.45) is 5.92 Å². The number of likely N-dealkylation sites (tertiary alicyclic amines) is 1. The zero-order valence-electron chi connectivity index (χ0n) is 12.9. The van der Waals surface area contributed by atoms with Gasteiger partial charge in [-0.1, -0.05) is 23.2 Å². The van der Waals surface area contributed by atoms with Gasteiger partial charge < -0.3 is 15.0 Å². The van der Waals surface area contributed by atoms with E-state index in [0.717, 1.165) is 4.90 Å². The summed E-state index contributed by atoms with van der Waals surface area (Å²) in [5, 5.41) is 3.38. The smallest absolute Gasteiger partial charge is 0.422 e. The van der Waals surface area contributed by atoms with E-state index in [4.69, 9.17) is 23.2 Å². The van der Waals surface area contributed by atoms with E-state index in [1.165, 1.54) is 6.07 Å². The second-order valence-electron chi connectivity index (χ2n) is 5.55. The number of anilines is 1. The molecule has 2 amide bonds. The van der Waals surface area contributed by atoms with Crippen molar-refractivity contribution in [3.63, 3.8) is 0 Å². The summed E-state index contributed by atoms with van der Waals surface area (Å²) in [5.41, 5.74) is 0.492. The molecule has 0 radical (unpaired) electrons. The number of benzene rings is 1. The fourth-order valence-electron chi connectivity index (χ4n) is 2.38. The topological polar surface area (TPSA) is 58.6 Å². The van der Waals surface area contributed by atoms with Gasteiger partial charge in [-0.2, -0.15) is 13.2 Å². The first-order valence-corrected chi connectivity index (χ1v) is 8.15. The van der Waals surface area contributed by atoms with Crippen molar-refractivity contribution in [3.05, 3.63) is 28.2 Å². The van der Waals surface area contributed by atoms with Crippen molar-refractivity contribution >= 4 is 40.9 Å². The lowest BCUT2D eigenvalue weighted by atomic mass is 9.96. The summed E-state index contributed by atoms with van der Waals surface area (Å²) in [6, 6.07) is 4.68. The number of halogens is 5. The number of ether oxygens (including phenoxy) is 1. The summed E-state index contributed by atoms with van der Waals surface area (Å²) >= 11 is 11.7. The van der Waals surface area contributed by atoms with Crippen LogP contribution in [0.5, 0.6) is 0 Å². The zero-order chi connectivity index (χ0) is 18.6. The molecule has 1 heterocycles. The van der Waals surface area contributed by atoms with Crippen LogP contribution in [0.4, 0.5) is 23.7 Å². The van der Waals surface area contributed by atoms with Crippen molar-refractivity contribution < 1.29 is 27.5 Å². The molecule has 1 aromatic carbocycles. The molecular formula is C15H15Cl2F3N2O3. The quantitative estimate of drug-likeness (QED) is 0.823. The SMILES string of the molecule is O=C(Nc1ccc(Cl)c(Cl)c1)C1CCN(C(=O)OCC(F)(F)F)CC1. The Morgan fingerprint density at radius 3 is 2.40 bits per heavy atom. The monoisotopic (exact) mass is 398 g/mol. The van der Waals surface area contributed by atoms with Crippen LogP contribution in [0.1, 0.15) is 12.8 Å². The van der Waals surface area contributed by atoms with Crippen LogP contribution in [0.25, 0.3) is 0 Å². The maximum Gasteiger partial charge on any atom is 0.422 e. The summed E-state index contributed by atoms with van der Waals surface area (Å²) in [7, 11) is 0. The number of nitrogens with zero attached hydrogens (tertiary/aromatic N) is 1. The second kappa shape index (κ2) is 8.14. The molecule has 10 heteroatoms. The average Bonchev–Trinajstić information content (AvgIpc) is 2.55. The molecule has 0 aliphatic carbocycles. The summed E-state index contributed by atoms with van der Waals surface area (Å²) in [6.45, 7) is -1.32. The number of carbonyl (C=O) groups is 2. The van der Waals surface area contributed by atoms with Gasteiger partial charge >= 0.3 is 12.3 Å². The summed E-state index contributed by atoms with van der Waals surface area (Å²) in [5.74, 6) is -0.609. The van der Waals surface area contributed by atoms with Crippen molar-refractivity contribution in [1.82, 2.24) is 4.90 Å². The zero-order valence-corrected chi connectivity index (χ0v) is 14.4. The maximum atomic E-state index is 12.2. The first-order chi connectivity index (χ1) is 11.7. The number of rotatable bonds is 3. The fraction of sp³-hybridized carbons (Fsp3) is 0.467.